The van der Waals surface area contributed by atoms with Crippen molar-refractivity contribution in [1.82, 2.24) is 0 Å². The predicted molar refractivity (Wildman–Crippen MR) is 64.0 cm³/mol. The van der Waals surface area contributed by atoms with Crippen molar-refractivity contribution in [3.05, 3.63) is 23.8 Å². The number of ether oxygens (including phenoxy) is 2. The molecule has 1 aliphatic rings. The Bertz CT molecular complexity index is 379. The molecule has 1 aromatic rings. The summed E-state index contributed by atoms with van der Waals surface area (Å²) in [6.07, 6.45) is 0. The first kappa shape index (κ1) is 11.3. The third-order valence-corrected chi connectivity index (χ3v) is 3.69. The van der Waals surface area contributed by atoms with E-state index in [-0.39, 0.29) is 11.5 Å². The van der Waals surface area contributed by atoms with E-state index < -0.39 is 0 Å². The quantitative estimate of drug-likeness (QED) is 0.850. The second kappa shape index (κ2) is 3.67. The number of benzene rings is 1. The van der Waals surface area contributed by atoms with Gasteiger partial charge in [0.2, 0.25) is 0 Å². The second-order valence-electron chi connectivity index (χ2n) is 4.90. The number of hydrogen-bond acceptors (Lipinski definition) is 3. The summed E-state index contributed by atoms with van der Waals surface area (Å²) in [4.78, 5) is 0. The van der Waals surface area contributed by atoms with Gasteiger partial charge in [0.15, 0.2) is 0 Å². The van der Waals surface area contributed by atoms with E-state index in [1.54, 1.807) is 14.2 Å². The Morgan fingerprint density at radius 3 is 1.88 bits per heavy atom. The van der Waals surface area contributed by atoms with E-state index in [1.165, 1.54) is 0 Å². The fraction of sp³-hybridized carbons (Fsp3) is 0.538. The predicted octanol–water partition coefficient (Wildman–Crippen LogP) is 2.15. The van der Waals surface area contributed by atoms with Crippen LogP contribution in [-0.2, 0) is 0 Å². The third-order valence-electron chi connectivity index (χ3n) is 3.69. The highest BCUT2D eigenvalue weighted by Crippen LogP contribution is 2.61. The molecule has 0 radical (unpaired) electrons. The van der Waals surface area contributed by atoms with Crippen molar-refractivity contribution in [3.63, 3.8) is 0 Å². The fourth-order valence-electron chi connectivity index (χ4n) is 2.42. The minimum absolute atomic E-state index is 0.127. The first-order chi connectivity index (χ1) is 7.54. The maximum absolute atomic E-state index is 6.11. The lowest BCUT2D eigenvalue weighted by Crippen LogP contribution is -2.06. The Hall–Kier alpha value is -1.22. The maximum Gasteiger partial charge on any atom is 0.126 e. The monoisotopic (exact) mass is 221 g/mol. The minimum atomic E-state index is 0.127. The molecule has 2 unspecified atom stereocenters. The van der Waals surface area contributed by atoms with E-state index >= 15 is 0 Å². The number of methoxy groups -OCH3 is 2. The molecule has 0 saturated heterocycles. The molecule has 0 aromatic heterocycles. The topological polar surface area (TPSA) is 44.5 Å². The van der Waals surface area contributed by atoms with Gasteiger partial charge in [0.1, 0.15) is 11.5 Å². The Balaban J connectivity index is 2.47. The largest absolute Gasteiger partial charge is 0.496 e. The zero-order chi connectivity index (χ0) is 11.9. The van der Waals surface area contributed by atoms with E-state index in [0.29, 0.717) is 5.92 Å². The molecule has 1 aliphatic carbocycles. The summed E-state index contributed by atoms with van der Waals surface area (Å²) in [6.45, 7) is 4.35. The summed E-state index contributed by atoms with van der Waals surface area (Å²) >= 11 is 0. The Kier molecular flexibility index (Phi) is 2.58. The molecule has 3 heteroatoms. The van der Waals surface area contributed by atoms with Crippen LogP contribution in [0, 0.1) is 5.41 Å². The molecule has 3 nitrogen and oxygen atoms in total. The molecule has 2 N–H and O–H groups in total. The van der Waals surface area contributed by atoms with Crippen LogP contribution in [0.4, 0.5) is 0 Å². The molecule has 16 heavy (non-hydrogen) atoms. The molecule has 1 fully saturated rings. The molecule has 1 aromatic carbocycles. The number of hydrogen-bond donors (Lipinski definition) is 1. The van der Waals surface area contributed by atoms with Gasteiger partial charge in [0, 0.05) is 17.5 Å². The van der Waals surface area contributed by atoms with Crippen LogP contribution in [0.25, 0.3) is 0 Å². The molecule has 0 spiro atoms. The molecule has 0 bridgehead atoms. The van der Waals surface area contributed by atoms with Crippen molar-refractivity contribution in [2.75, 3.05) is 14.2 Å². The van der Waals surface area contributed by atoms with Crippen LogP contribution < -0.4 is 15.2 Å². The normalized spacial score (nSPS) is 26.3. The van der Waals surface area contributed by atoms with Crippen molar-refractivity contribution in [1.29, 1.82) is 0 Å². The van der Waals surface area contributed by atoms with E-state index in [9.17, 15) is 0 Å². The summed E-state index contributed by atoms with van der Waals surface area (Å²) in [5.74, 6) is 2.05. The van der Waals surface area contributed by atoms with Gasteiger partial charge < -0.3 is 15.2 Å². The Labute approximate surface area is 96.5 Å². The summed E-state index contributed by atoms with van der Waals surface area (Å²) in [5.41, 5.74) is 7.34. The zero-order valence-corrected chi connectivity index (χ0v) is 10.3. The molecular formula is C13H19NO2. The van der Waals surface area contributed by atoms with Crippen molar-refractivity contribution in [2.24, 2.45) is 11.1 Å². The summed E-state index contributed by atoms with van der Waals surface area (Å²) < 4.78 is 10.8. The van der Waals surface area contributed by atoms with Crippen molar-refractivity contribution < 1.29 is 9.47 Å². The highest BCUT2D eigenvalue weighted by atomic mass is 16.5. The van der Waals surface area contributed by atoms with Gasteiger partial charge in [-0.15, -0.1) is 0 Å². The Morgan fingerprint density at radius 1 is 1.12 bits per heavy atom. The third kappa shape index (κ3) is 1.47. The van der Waals surface area contributed by atoms with Gasteiger partial charge in [0.05, 0.1) is 14.2 Å². The van der Waals surface area contributed by atoms with E-state index in [4.69, 9.17) is 15.2 Å². The smallest absolute Gasteiger partial charge is 0.126 e. The van der Waals surface area contributed by atoms with Gasteiger partial charge in [-0.25, -0.2) is 0 Å². The lowest BCUT2D eigenvalue weighted by Gasteiger charge is -2.13. The van der Waals surface area contributed by atoms with Crippen LogP contribution in [0.5, 0.6) is 11.5 Å². The molecule has 0 amide bonds. The van der Waals surface area contributed by atoms with E-state index in [1.807, 2.05) is 18.2 Å². The van der Waals surface area contributed by atoms with Crippen LogP contribution in [0.1, 0.15) is 25.3 Å². The molecule has 2 rings (SSSR count). The lowest BCUT2D eigenvalue weighted by atomic mass is 10.0. The molecule has 0 heterocycles. The van der Waals surface area contributed by atoms with Crippen molar-refractivity contribution >= 4 is 0 Å². The van der Waals surface area contributed by atoms with Gasteiger partial charge in [-0.05, 0) is 17.5 Å². The van der Waals surface area contributed by atoms with Crippen molar-refractivity contribution in [2.45, 2.75) is 25.8 Å². The number of rotatable bonds is 3. The zero-order valence-electron chi connectivity index (χ0n) is 10.3. The molecule has 88 valence electrons. The standard InChI is InChI=1S/C13H19NO2/c1-13(2)11(12(13)14)10-8(15-3)6-5-7-9(10)16-4/h5-7,11-12H,14H2,1-4H3. The fourth-order valence-corrected chi connectivity index (χ4v) is 2.42. The first-order valence-electron chi connectivity index (χ1n) is 5.50. The maximum atomic E-state index is 6.11. The highest BCUT2D eigenvalue weighted by molar-refractivity contribution is 5.52. The van der Waals surface area contributed by atoms with Crippen LogP contribution in [-0.4, -0.2) is 20.3 Å². The summed E-state index contributed by atoms with van der Waals surface area (Å²) in [7, 11) is 3.36. The van der Waals surface area contributed by atoms with Gasteiger partial charge in [-0.2, -0.15) is 0 Å². The molecular weight excluding hydrogens is 202 g/mol. The molecule has 2 atom stereocenters. The first-order valence-corrected chi connectivity index (χ1v) is 5.50. The SMILES string of the molecule is COc1cccc(OC)c1C1C(N)C1(C)C. The average molecular weight is 221 g/mol. The van der Waals surface area contributed by atoms with E-state index in [2.05, 4.69) is 13.8 Å². The van der Waals surface area contributed by atoms with Crippen LogP contribution in [0.3, 0.4) is 0 Å². The van der Waals surface area contributed by atoms with Gasteiger partial charge in [-0.1, -0.05) is 19.9 Å². The minimum Gasteiger partial charge on any atom is -0.496 e. The van der Waals surface area contributed by atoms with Gasteiger partial charge >= 0.3 is 0 Å². The van der Waals surface area contributed by atoms with Gasteiger partial charge in [-0.3, -0.25) is 0 Å². The van der Waals surface area contributed by atoms with Crippen LogP contribution >= 0.6 is 0 Å². The van der Waals surface area contributed by atoms with Crippen LogP contribution in [0.15, 0.2) is 18.2 Å². The van der Waals surface area contributed by atoms with E-state index in [0.717, 1.165) is 17.1 Å². The number of nitrogens with two attached hydrogens (primary N) is 1. The highest BCUT2D eigenvalue weighted by Gasteiger charge is 2.58. The molecule has 1 saturated carbocycles. The average Bonchev–Trinajstić information content (AvgIpc) is 2.77. The lowest BCUT2D eigenvalue weighted by molar-refractivity contribution is 0.382. The molecule has 0 aliphatic heterocycles. The van der Waals surface area contributed by atoms with Crippen molar-refractivity contribution in [3.8, 4) is 11.5 Å². The summed E-state index contributed by atoms with van der Waals surface area (Å²) in [5, 5.41) is 0. The van der Waals surface area contributed by atoms with Gasteiger partial charge in [0.25, 0.3) is 0 Å². The summed E-state index contributed by atoms with van der Waals surface area (Å²) in [6, 6.07) is 6.03. The Morgan fingerprint density at radius 2 is 1.56 bits per heavy atom. The van der Waals surface area contributed by atoms with Crippen LogP contribution in [0.2, 0.25) is 0 Å². The second-order valence-corrected chi connectivity index (χ2v) is 4.90.